The number of aromatic nitrogens is 3. The molecule has 0 radical (unpaired) electrons. The van der Waals surface area contributed by atoms with Crippen molar-refractivity contribution in [2.45, 2.75) is 26.6 Å². The van der Waals surface area contributed by atoms with Gasteiger partial charge >= 0.3 is 0 Å². The fraction of sp³-hybridized carbons (Fsp3) is 0.263. The van der Waals surface area contributed by atoms with Crippen LogP contribution in [0.2, 0.25) is 0 Å². The summed E-state index contributed by atoms with van der Waals surface area (Å²) in [6.45, 7) is 4.73. The van der Waals surface area contributed by atoms with E-state index in [-0.39, 0.29) is 0 Å². The summed E-state index contributed by atoms with van der Waals surface area (Å²) >= 11 is 5.68. The second-order valence-electron chi connectivity index (χ2n) is 6.21. The summed E-state index contributed by atoms with van der Waals surface area (Å²) < 4.78 is 4.72. The van der Waals surface area contributed by atoms with Crippen LogP contribution in [0.3, 0.4) is 0 Å². The molecule has 0 unspecified atom stereocenters. The number of para-hydroxylation sites is 1. The molecule has 4 nitrogen and oxygen atoms in total. The van der Waals surface area contributed by atoms with Gasteiger partial charge in [-0.1, -0.05) is 42.5 Å². The molecule has 0 atom stereocenters. The molecule has 0 N–H and O–H groups in total. The average Bonchev–Trinajstić information content (AvgIpc) is 2.89. The topological polar surface area (TPSA) is 26.0 Å². The Hall–Kier alpha value is -2.24. The first-order chi connectivity index (χ1) is 11.7. The van der Waals surface area contributed by atoms with Gasteiger partial charge in [-0.15, -0.1) is 0 Å². The maximum atomic E-state index is 5.68. The molecule has 0 saturated heterocycles. The Balaban J connectivity index is 1.60. The Morgan fingerprint density at radius 3 is 2.50 bits per heavy atom. The first kappa shape index (κ1) is 15.3. The van der Waals surface area contributed by atoms with Gasteiger partial charge < -0.3 is 0 Å². The summed E-state index contributed by atoms with van der Waals surface area (Å²) in [5.41, 5.74) is 3.94. The quantitative estimate of drug-likeness (QED) is 0.682. The molecular formula is C19H20N4S. The molecule has 4 rings (SSSR count). The lowest BCUT2D eigenvalue weighted by Crippen LogP contribution is -2.32. The SMILES string of the molecule is Cc1nn(CN2CCc3ccccc3C2)c(=S)n1-c1ccccc1. The number of hydrogen-bond donors (Lipinski definition) is 0. The zero-order chi connectivity index (χ0) is 16.5. The van der Waals surface area contributed by atoms with Crippen molar-refractivity contribution < 1.29 is 0 Å². The standard InChI is InChI=1S/C19H20N4S/c1-15-20-22(19(24)23(15)18-9-3-2-4-10-18)14-21-12-11-16-7-5-6-8-17(16)13-21/h2-10H,11-14H2,1H3. The Labute approximate surface area is 147 Å². The smallest absolute Gasteiger partial charge is 0.203 e. The summed E-state index contributed by atoms with van der Waals surface area (Å²) in [6, 6.07) is 18.9. The molecule has 3 aromatic rings. The van der Waals surface area contributed by atoms with Gasteiger partial charge in [0.15, 0.2) is 0 Å². The minimum absolute atomic E-state index is 0.730. The Morgan fingerprint density at radius 1 is 1.00 bits per heavy atom. The summed E-state index contributed by atoms with van der Waals surface area (Å²) in [4.78, 5) is 2.40. The lowest BCUT2D eigenvalue weighted by atomic mass is 10.0. The van der Waals surface area contributed by atoms with Gasteiger partial charge in [0.25, 0.3) is 0 Å². The molecule has 1 aromatic heterocycles. The van der Waals surface area contributed by atoms with Gasteiger partial charge in [0, 0.05) is 18.8 Å². The fourth-order valence-corrected chi connectivity index (χ4v) is 3.68. The van der Waals surface area contributed by atoms with E-state index in [9.17, 15) is 0 Å². The van der Waals surface area contributed by atoms with Crippen molar-refractivity contribution in [1.82, 2.24) is 19.2 Å². The van der Waals surface area contributed by atoms with Gasteiger partial charge in [0.05, 0.1) is 6.67 Å². The third-order valence-electron chi connectivity index (χ3n) is 4.56. The third kappa shape index (κ3) is 2.81. The maximum Gasteiger partial charge on any atom is 0.203 e. The first-order valence-corrected chi connectivity index (χ1v) is 8.64. The molecule has 1 aliphatic rings. The number of benzene rings is 2. The maximum absolute atomic E-state index is 5.68. The average molecular weight is 336 g/mol. The first-order valence-electron chi connectivity index (χ1n) is 8.23. The molecule has 0 aliphatic carbocycles. The Bertz CT molecular complexity index is 911. The van der Waals surface area contributed by atoms with Gasteiger partial charge in [0.2, 0.25) is 4.77 Å². The van der Waals surface area contributed by atoms with Crippen LogP contribution in [0.4, 0.5) is 0 Å². The molecule has 0 fully saturated rings. The molecule has 1 aliphatic heterocycles. The minimum atomic E-state index is 0.730. The van der Waals surface area contributed by atoms with Crippen molar-refractivity contribution in [2.24, 2.45) is 0 Å². The number of hydrogen-bond acceptors (Lipinski definition) is 3. The van der Waals surface area contributed by atoms with Crippen LogP contribution in [0.25, 0.3) is 5.69 Å². The van der Waals surface area contributed by atoms with E-state index < -0.39 is 0 Å². The van der Waals surface area contributed by atoms with Gasteiger partial charge in [-0.25, -0.2) is 4.68 Å². The monoisotopic (exact) mass is 336 g/mol. The largest absolute Gasteiger partial charge is 0.280 e. The lowest BCUT2D eigenvalue weighted by molar-refractivity contribution is 0.188. The van der Waals surface area contributed by atoms with Crippen LogP contribution in [0.5, 0.6) is 0 Å². The van der Waals surface area contributed by atoms with Crippen molar-refractivity contribution in [3.05, 3.63) is 76.3 Å². The van der Waals surface area contributed by atoms with Crippen molar-refractivity contribution >= 4 is 12.2 Å². The zero-order valence-electron chi connectivity index (χ0n) is 13.7. The number of rotatable bonds is 3. The van der Waals surface area contributed by atoms with Crippen LogP contribution in [0.15, 0.2) is 54.6 Å². The van der Waals surface area contributed by atoms with Gasteiger partial charge in [-0.3, -0.25) is 9.47 Å². The highest BCUT2D eigenvalue weighted by atomic mass is 32.1. The van der Waals surface area contributed by atoms with Crippen LogP contribution in [-0.2, 0) is 19.6 Å². The summed E-state index contributed by atoms with van der Waals surface area (Å²) in [5.74, 6) is 0.920. The van der Waals surface area contributed by atoms with Crippen molar-refractivity contribution in [2.75, 3.05) is 6.54 Å². The Kier molecular flexibility index (Phi) is 4.04. The molecule has 2 heterocycles. The van der Waals surface area contributed by atoms with Crippen molar-refractivity contribution in [1.29, 1.82) is 0 Å². The van der Waals surface area contributed by atoms with E-state index in [1.807, 2.05) is 34.4 Å². The van der Waals surface area contributed by atoms with E-state index in [2.05, 4.69) is 46.4 Å². The van der Waals surface area contributed by atoms with Gasteiger partial charge in [-0.2, -0.15) is 5.10 Å². The Morgan fingerprint density at radius 2 is 1.71 bits per heavy atom. The molecule has 122 valence electrons. The van der Waals surface area contributed by atoms with E-state index in [0.717, 1.165) is 42.5 Å². The molecular weight excluding hydrogens is 316 g/mol. The van der Waals surface area contributed by atoms with Crippen molar-refractivity contribution in [3.8, 4) is 5.69 Å². The summed E-state index contributed by atoms with van der Waals surface area (Å²) in [5, 5.41) is 4.67. The van der Waals surface area contributed by atoms with E-state index >= 15 is 0 Å². The number of aryl methyl sites for hydroxylation is 1. The van der Waals surface area contributed by atoms with Gasteiger partial charge in [-0.05, 0) is 48.8 Å². The summed E-state index contributed by atoms with van der Waals surface area (Å²) in [7, 11) is 0. The minimum Gasteiger partial charge on any atom is -0.280 e. The van der Waals surface area contributed by atoms with Crippen LogP contribution >= 0.6 is 12.2 Å². The van der Waals surface area contributed by atoms with Crippen LogP contribution in [0, 0.1) is 11.7 Å². The number of fused-ring (bicyclic) bond motifs is 1. The predicted octanol–water partition coefficient (Wildman–Crippen LogP) is 3.73. The summed E-state index contributed by atoms with van der Waals surface area (Å²) in [6.07, 6.45) is 1.09. The highest BCUT2D eigenvalue weighted by molar-refractivity contribution is 7.71. The fourth-order valence-electron chi connectivity index (χ4n) is 3.35. The second kappa shape index (κ2) is 6.34. The highest BCUT2D eigenvalue weighted by Gasteiger charge is 2.17. The molecule has 0 bridgehead atoms. The van der Waals surface area contributed by atoms with E-state index in [4.69, 9.17) is 12.2 Å². The molecule has 24 heavy (non-hydrogen) atoms. The lowest BCUT2D eigenvalue weighted by Gasteiger charge is -2.28. The predicted molar refractivity (Wildman–Crippen MR) is 97.7 cm³/mol. The van der Waals surface area contributed by atoms with Crippen LogP contribution in [-0.4, -0.2) is 25.8 Å². The van der Waals surface area contributed by atoms with Gasteiger partial charge in [0.1, 0.15) is 5.82 Å². The highest BCUT2D eigenvalue weighted by Crippen LogP contribution is 2.19. The van der Waals surface area contributed by atoms with Crippen LogP contribution < -0.4 is 0 Å². The molecule has 0 spiro atoms. The molecule has 0 amide bonds. The number of nitrogens with zero attached hydrogens (tertiary/aromatic N) is 4. The van der Waals surface area contributed by atoms with Crippen molar-refractivity contribution in [3.63, 3.8) is 0 Å². The van der Waals surface area contributed by atoms with E-state index in [1.165, 1.54) is 11.1 Å². The second-order valence-corrected chi connectivity index (χ2v) is 6.58. The molecule has 5 heteroatoms. The molecule has 2 aromatic carbocycles. The normalized spacial score (nSPS) is 14.5. The third-order valence-corrected chi connectivity index (χ3v) is 4.95. The van der Waals surface area contributed by atoms with E-state index in [1.54, 1.807) is 0 Å². The van der Waals surface area contributed by atoms with Crippen LogP contribution in [0.1, 0.15) is 17.0 Å². The zero-order valence-corrected chi connectivity index (χ0v) is 14.5. The van der Waals surface area contributed by atoms with E-state index in [0.29, 0.717) is 0 Å². The molecule has 0 saturated carbocycles.